The third kappa shape index (κ3) is 1.37. The van der Waals surface area contributed by atoms with E-state index in [-0.39, 0.29) is 0 Å². The molecule has 0 radical (unpaired) electrons. The zero-order valence-corrected chi connectivity index (χ0v) is 5.45. The van der Waals surface area contributed by atoms with Crippen molar-refractivity contribution in [1.82, 2.24) is 4.90 Å². The Bertz CT molecular complexity index is 170. The van der Waals surface area contributed by atoms with E-state index in [2.05, 4.69) is 0 Å². The van der Waals surface area contributed by atoms with Gasteiger partial charge in [0.1, 0.15) is 0 Å². The van der Waals surface area contributed by atoms with E-state index in [9.17, 15) is 0 Å². The standard InChI is InChI=1S/C6H7N3O/c7-3-6-4-9(5-8)1-2-10-6/h6H,1-2,4H2. The lowest BCUT2D eigenvalue weighted by molar-refractivity contribution is 0.0219. The average molecular weight is 137 g/mol. The van der Waals surface area contributed by atoms with Crippen LogP contribution in [0, 0.1) is 22.8 Å². The molecular weight excluding hydrogens is 130 g/mol. The fourth-order valence-corrected chi connectivity index (χ4v) is 0.818. The maximum absolute atomic E-state index is 8.42. The Balaban J connectivity index is 2.43. The summed E-state index contributed by atoms with van der Waals surface area (Å²) in [4.78, 5) is 1.53. The van der Waals surface area contributed by atoms with E-state index >= 15 is 0 Å². The molecule has 0 saturated carbocycles. The smallest absolute Gasteiger partial charge is 0.179 e. The molecule has 1 aliphatic heterocycles. The molecular formula is C6H7N3O. The van der Waals surface area contributed by atoms with Gasteiger partial charge < -0.3 is 9.64 Å². The van der Waals surface area contributed by atoms with Crippen molar-refractivity contribution < 1.29 is 4.74 Å². The van der Waals surface area contributed by atoms with Crippen molar-refractivity contribution in [1.29, 1.82) is 10.5 Å². The predicted octanol–water partition coefficient (Wildman–Crippen LogP) is -0.308. The molecule has 1 unspecified atom stereocenters. The molecule has 0 amide bonds. The van der Waals surface area contributed by atoms with Gasteiger partial charge >= 0.3 is 0 Å². The Hall–Kier alpha value is -1.26. The van der Waals surface area contributed by atoms with Crippen molar-refractivity contribution in [3.05, 3.63) is 0 Å². The normalized spacial score (nSPS) is 25.0. The Morgan fingerprint density at radius 1 is 1.50 bits per heavy atom. The first-order chi connectivity index (χ1) is 4.86. The van der Waals surface area contributed by atoms with E-state index in [4.69, 9.17) is 15.3 Å². The molecule has 0 aromatic heterocycles. The second-order valence-corrected chi connectivity index (χ2v) is 2.03. The maximum Gasteiger partial charge on any atom is 0.179 e. The van der Waals surface area contributed by atoms with Gasteiger partial charge in [-0.1, -0.05) is 0 Å². The van der Waals surface area contributed by atoms with Crippen LogP contribution in [-0.4, -0.2) is 30.7 Å². The largest absolute Gasteiger partial charge is 0.360 e. The highest BCUT2D eigenvalue weighted by molar-refractivity contribution is 4.92. The third-order valence-corrected chi connectivity index (χ3v) is 1.35. The van der Waals surface area contributed by atoms with Gasteiger partial charge in [-0.05, 0) is 0 Å². The first-order valence-corrected chi connectivity index (χ1v) is 3.02. The highest BCUT2D eigenvalue weighted by atomic mass is 16.5. The monoisotopic (exact) mass is 137 g/mol. The third-order valence-electron chi connectivity index (χ3n) is 1.35. The summed E-state index contributed by atoms with van der Waals surface area (Å²) in [5.41, 5.74) is 0. The highest BCUT2D eigenvalue weighted by Gasteiger charge is 2.17. The molecule has 0 aromatic rings. The summed E-state index contributed by atoms with van der Waals surface area (Å²) >= 11 is 0. The summed E-state index contributed by atoms with van der Waals surface area (Å²) in [6.07, 6.45) is 1.55. The zero-order chi connectivity index (χ0) is 7.40. The van der Waals surface area contributed by atoms with E-state index in [0.717, 1.165) is 0 Å². The van der Waals surface area contributed by atoms with Gasteiger partial charge in [-0.15, -0.1) is 0 Å². The molecule has 1 rings (SSSR count). The van der Waals surface area contributed by atoms with Crippen molar-refractivity contribution in [2.24, 2.45) is 0 Å². The lowest BCUT2D eigenvalue weighted by Gasteiger charge is -2.24. The van der Waals surface area contributed by atoms with Crippen LogP contribution in [0.25, 0.3) is 0 Å². The number of ether oxygens (including phenoxy) is 1. The Labute approximate surface area is 59.2 Å². The number of morpholine rings is 1. The summed E-state index contributed by atoms with van der Waals surface area (Å²) in [5, 5.41) is 16.8. The fourth-order valence-electron chi connectivity index (χ4n) is 0.818. The molecule has 10 heavy (non-hydrogen) atoms. The quantitative estimate of drug-likeness (QED) is 0.430. The number of nitrogens with zero attached hydrogens (tertiary/aromatic N) is 3. The summed E-state index contributed by atoms with van der Waals surface area (Å²) in [6.45, 7) is 1.49. The summed E-state index contributed by atoms with van der Waals surface area (Å²) in [5.74, 6) is 0. The summed E-state index contributed by atoms with van der Waals surface area (Å²) in [7, 11) is 0. The van der Waals surface area contributed by atoms with Crippen LogP contribution < -0.4 is 0 Å². The number of hydrogen-bond acceptors (Lipinski definition) is 4. The molecule has 52 valence electrons. The fraction of sp³-hybridized carbons (Fsp3) is 0.667. The molecule has 0 bridgehead atoms. The average Bonchev–Trinajstić information content (AvgIpc) is 2.05. The van der Waals surface area contributed by atoms with E-state index in [0.29, 0.717) is 19.7 Å². The van der Waals surface area contributed by atoms with Crippen molar-refractivity contribution in [2.45, 2.75) is 6.10 Å². The lowest BCUT2D eigenvalue weighted by Crippen LogP contribution is -2.38. The van der Waals surface area contributed by atoms with Crippen LogP contribution in [0.3, 0.4) is 0 Å². The SMILES string of the molecule is N#CC1CN(C#N)CCO1. The van der Waals surface area contributed by atoms with Crippen molar-refractivity contribution in [3.8, 4) is 12.3 Å². The maximum atomic E-state index is 8.42. The van der Waals surface area contributed by atoms with Crippen LogP contribution in [0.5, 0.6) is 0 Å². The molecule has 1 atom stereocenters. The van der Waals surface area contributed by atoms with E-state index in [1.54, 1.807) is 0 Å². The van der Waals surface area contributed by atoms with Crippen LogP contribution >= 0.6 is 0 Å². The molecule has 0 aliphatic carbocycles. The van der Waals surface area contributed by atoms with Crippen LogP contribution in [0.15, 0.2) is 0 Å². The number of hydrogen-bond donors (Lipinski definition) is 0. The first kappa shape index (κ1) is 6.85. The topological polar surface area (TPSA) is 60.0 Å². The molecule has 1 aliphatic rings. The number of nitriles is 2. The van der Waals surface area contributed by atoms with Gasteiger partial charge in [-0.25, -0.2) is 0 Å². The Morgan fingerprint density at radius 2 is 2.30 bits per heavy atom. The molecule has 4 nitrogen and oxygen atoms in total. The minimum atomic E-state index is -0.423. The van der Waals surface area contributed by atoms with Crippen LogP contribution in [0.4, 0.5) is 0 Å². The molecule has 4 heteroatoms. The second-order valence-electron chi connectivity index (χ2n) is 2.03. The zero-order valence-electron chi connectivity index (χ0n) is 5.45. The molecule has 1 fully saturated rings. The summed E-state index contributed by atoms with van der Waals surface area (Å²) in [6, 6.07) is 1.95. The van der Waals surface area contributed by atoms with Crippen molar-refractivity contribution >= 4 is 0 Å². The van der Waals surface area contributed by atoms with E-state index in [1.807, 2.05) is 12.3 Å². The molecule has 1 heterocycles. The van der Waals surface area contributed by atoms with Gasteiger partial charge in [-0.2, -0.15) is 10.5 Å². The molecule has 0 spiro atoms. The first-order valence-electron chi connectivity index (χ1n) is 3.02. The lowest BCUT2D eigenvalue weighted by atomic mass is 10.3. The van der Waals surface area contributed by atoms with Crippen LogP contribution in [0.1, 0.15) is 0 Å². The highest BCUT2D eigenvalue weighted by Crippen LogP contribution is 2.01. The van der Waals surface area contributed by atoms with Crippen molar-refractivity contribution in [3.63, 3.8) is 0 Å². The minimum absolute atomic E-state index is 0.410. The van der Waals surface area contributed by atoms with Gasteiger partial charge in [0.15, 0.2) is 12.3 Å². The van der Waals surface area contributed by atoms with Crippen molar-refractivity contribution in [2.75, 3.05) is 19.7 Å². The van der Waals surface area contributed by atoms with Crippen LogP contribution in [0.2, 0.25) is 0 Å². The Kier molecular flexibility index (Phi) is 2.09. The van der Waals surface area contributed by atoms with Gasteiger partial charge in [0.2, 0.25) is 0 Å². The van der Waals surface area contributed by atoms with Gasteiger partial charge in [0.05, 0.1) is 25.8 Å². The molecule has 0 N–H and O–H groups in total. The van der Waals surface area contributed by atoms with E-state index < -0.39 is 6.10 Å². The minimum Gasteiger partial charge on any atom is -0.360 e. The molecule has 0 aromatic carbocycles. The predicted molar refractivity (Wildman–Crippen MR) is 32.5 cm³/mol. The van der Waals surface area contributed by atoms with Gasteiger partial charge in [0.25, 0.3) is 0 Å². The Morgan fingerprint density at radius 3 is 2.90 bits per heavy atom. The van der Waals surface area contributed by atoms with Gasteiger partial charge in [-0.3, -0.25) is 0 Å². The van der Waals surface area contributed by atoms with Gasteiger partial charge in [0, 0.05) is 0 Å². The summed E-state index contributed by atoms with van der Waals surface area (Å²) < 4.78 is 5.01. The molecule has 1 saturated heterocycles. The van der Waals surface area contributed by atoms with E-state index in [1.165, 1.54) is 4.90 Å². The number of rotatable bonds is 0. The second kappa shape index (κ2) is 3.05. The van der Waals surface area contributed by atoms with Crippen LogP contribution in [-0.2, 0) is 4.74 Å².